The lowest BCUT2D eigenvalue weighted by atomic mass is 10.00. The fourth-order valence-corrected chi connectivity index (χ4v) is 5.98. The van der Waals surface area contributed by atoms with Crippen LogP contribution in [0.25, 0.3) is 21.9 Å². The molecule has 1 unspecified atom stereocenters. The lowest BCUT2D eigenvalue weighted by Crippen LogP contribution is -2.66. The number of para-hydroxylation sites is 1. The number of aliphatic carboxylic acids is 1. The molecule has 2 N–H and O–H groups in total. The zero-order valence-corrected chi connectivity index (χ0v) is 20.0. The van der Waals surface area contributed by atoms with Gasteiger partial charge in [0, 0.05) is 23.4 Å². The third-order valence-corrected chi connectivity index (χ3v) is 7.69. The van der Waals surface area contributed by atoms with Gasteiger partial charge in [-0.1, -0.05) is 37.6 Å². The maximum atomic E-state index is 13.6. The Morgan fingerprint density at radius 1 is 1.15 bits per heavy atom. The normalized spacial score (nSPS) is 15.9. The number of hydrogen-bond donors (Lipinski definition) is 2. The largest absolute Gasteiger partial charge is 0.478 e. The van der Waals surface area contributed by atoms with Crippen LogP contribution in [0.1, 0.15) is 52.4 Å². The lowest BCUT2D eigenvalue weighted by Gasteiger charge is -2.41. The van der Waals surface area contributed by atoms with Crippen LogP contribution in [0.15, 0.2) is 63.6 Å². The van der Waals surface area contributed by atoms with Gasteiger partial charge in [-0.25, -0.2) is 13.2 Å². The topological polar surface area (TPSA) is 117 Å². The molecule has 1 aliphatic rings. The van der Waals surface area contributed by atoms with E-state index in [0.29, 0.717) is 47.9 Å². The van der Waals surface area contributed by atoms with E-state index in [0.717, 1.165) is 16.7 Å². The van der Waals surface area contributed by atoms with Crippen LogP contribution < -0.4 is 4.72 Å². The molecule has 0 saturated carbocycles. The number of sulfonamides is 1. The molecule has 0 bridgehead atoms. The molecule has 0 radical (unpaired) electrons. The Balaban J connectivity index is 1.83. The summed E-state index contributed by atoms with van der Waals surface area (Å²) < 4.78 is 35.4. The van der Waals surface area contributed by atoms with E-state index >= 15 is 0 Å². The van der Waals surface area contributed by atoms with Gasteiger partial charge >= 0.3 is 5.97 Å². The highest BCUT2D eigenvalue weighted by atomic mass is 32.2. The van der Waals surface area contributed by atoms with Crippen molar-refractivity contribution in [1.29, 1.82) is 0 Å². The summed E-state index contributed by atoms with van der Waals surface area (Å²) in [6.45, 7) is 3.15. The van der Waals surface area contributed by atoms with E-state index in [2.05, 4.69) is 4.72 Å². The first-order valence-corrected chi connectivity index (χ1v) is 12.9. The van der Waals surface area contributed by atoms with Crippen LogP contribution in [-0.4, -0.2) is 36.0 Å². The second kappa shape index (κ2) is 9.23. The molecule has 34 heavy (non-hydrogen) atoms. The van der Waals surface area contributed by atoms with E-state index in [4.69, 9.17) is 4.42 Å². The number of amides is 1. The molecule has 4 rings (SSSR count). The van der Waals surface area contributed by atoms with E-state index in [1.807, 2.05) is 31.2 Å². The van der Waals surface area contributed by atoms with Gasteiger partial charge in [-0.2, -0.15) is 4.72 Å². The molecule has 3 aromatic rings. The monoisotopic (exact) mass is 484 g/mol. The van der Waals surface area contributed by atoms with Gasteiger partial charge in [-0.15, -0.1) is 0 Å². The van der Waals surface area contributed by atoms with E-state index < -0.39 is 27.6 Å². The van der Waals surface area contributed by atoms with E-state index in [9.17, 15) is 23.1 Å². The summed E-state index contributed by atoms with van der Waals surface area (Å²) in [7, 11) is -4.33. The molecule has 9 heteroatoms. The van der Waals surface area contributed by atoms with E-state index in [-0.39, 0.29) is 11.3 Å². The SMILES string of the molecule is CCCCC(NS(=O)(=O)c1ccc2oc3ccccc3c2c1)(C(=O)O)N(C(C)=O)C1=CCCC1. The molecule has 0 aliphatic heterocycles. The molecule has 0 saturated heterocycles. The number of carbonyl (C=O) groups excluding carboxylic acids is 1. The number of carbonyl (C=O) groups is 2. The Labute approximate surface area is 198 Å². The molecule has 1 aromatic heterocycles. The predicted octanol–water partition coefficient (Wildman–Crippen LogP) is 4.75. The van der Waals surface area contributed by atoms with Crippen molar-refractivity contribution in [3.8, 4) is 0 Å². The number of fused-ring (bicyclic) bond motifs is 3. The summed E-state index contributed by atoms with van der Waals surface area (Å²) in [5.74, 6) is -1.94. The first-order valence-electron chi connectivity index (χ1n) is 11.4. The Kier molecular flexibility index (Phi) is 6.51. The number of benzene rings is 2. The van der Waals surface area contributed by atoms with Crippen LogP contribution in [0.5, 0.6) is 0 Å². The average Bonchev–Trinajstić information content (AvgIpc) is 3.44. The van der Waals surface area contributed by atoms with Crippen LogP contribution in [0.4, 0.5) is 0 Å². The van der Waals surface area contributed by atoms with Gasteiger partial charge in [0.25, 0.3) is 0 Å². The van der Waals surface area contributed by atoms with Gasteiger partial charge < -0.3 is 9.52 Å². The van der Waals surface area contributed by atoms with Crippen molar-refractivity contribution in [2.75, 3.05) is 0 Å². The maximum Gasteiger partial charge on any atom is 0.346 e. The van der Waals surface area contributed by atoms with Crippen molar-refractivity contribution in [2.24, 2.45) is 0 Å². The maximum absolute atomic E-state index is 13.6. The summed E-state index contributed by atoms with van der Waals surface area (Å²) in [6, 6.07) is 11.7. The number of unbranched alkanes of at least 4 members (excludes halogenated alkanes) is 1. The minimum atomic E-state index is -4.33. The number of furan rings is 1. The highest BCUT2D eigenvalue weighted by molar-refractivity contribution is 7.89. The summed E-state index contributed by atoms with van der Waals surface area (Å²) in [5.41, 5.74) is -0.453. The molecule has 1 atom stereocenters. The number of allylic oxidation sites excluding steroid dienone is 2. The number of nitrogens with zero attached hydrogens (tertiary/aromatic N) is 1. The molecule has 8 nitrogen and oxygen atoms in total. The standard InChI is InChI=1S/C25H28N2O6S/c1-3-4-15-25(24(29)30,27(17(2)28)18-9-5-6-10-18)26-34(31,32)19-13-14-23-21(16-19)20-11-7-8-12-22(20)33-23/h7-9,11-14,16,26H,3-6,10,15H2,1-2H3,(H,29,30). The van der Waals surface area contributed by atoms with Crippen molar-refractivity contribution in [1.82, 2.24) is 9.62 Å². The smallest absolute Gasteiger partial charge is 0.346 e. The third kappa shape index (κ3) is 4.21. The second-order valence-corrected chi connectivity index (χ2v) is 10.3. The molecule has 0 spiro atoms. The molecule has 1 aliphatic carbocycles. The van der Waals surface area contributed by atoms with Gasteiger partial charge in [0.1, 0.15) is 11.2 Å². The average molecular weight is 485 g/mol. The Hall–Kier alpha value is -3.17. The number of nitrogens with one attached hydrogen (secondary N) is 1. The fraction of sp³-hybridized carbons (Fsp3) is 0.360. The van der Waals surface area contributed by atoms with Crippen LogP contribution in [0.2, 0.25) is 0 Å². The summed E-state index contributed by atoms with van der Waals surface area (Å²) >= 11 is 0. The van der Waals surface area contributed by atoms with Crippen LogP contribution in [0, 0.1) is 0 Å². The second-order valence-electron chi connectivity index (χ2n) is 8.57. The molecule has 1 amide bonds. The predicted molar refractivity (Wildman–Crippen MR) is 128 cm³/mol. The van der Waals surface area contributed by atoms with E-state index in [1.165, 1.54) is 19.1 Å². The summed E-state index contributed by atoms with van der Waals surface area (Å²) in [6.07, 6.45) is 4.79. The van der Waals surface area contributed by atoms with Crippen molar-refractivity contribution < 1.29 is 27.5 Å². The minimum Gasteiger partial charge on any atom is -0.478 e. The number of carboxylic acid groups (broad SMARTS) is 1. The van der Waals surface area contributed by atoms with Crippen LogP contribution >= 0.6 is 0 Å². The van der Waals surface area contributed by atoms with Crippen molar-refractivity contribution in [3.05, 3.63) is 54.2 Å². The van der Waals surface area contributed by atoms with Gasteiger partial charge in [-0.3, -0.25) is 9.69 Å². The Bertz CT molecular complexity index is 1390. The number of hydrogen-bond acceptors (Lipinski definition) is 5. The first-order chi connectivity index (χ1) is 16.2. The highest BCUT2D eigenvalue weighted by Gasteiger charge is 2.50. The summed E-state index contributed by atoms with van der Waals surface area (Å²) in [4.78, 5) is 26.5. The van der Waals surface area contributed by atoms with Crippen molar-refractivity contribution >= 4 is 43.8 Å². The molecule has 180 valence electrons. The molecular weight excluding hydrogens is 456 g/mol. The zero-order valence-electron chi connectivity index (χ0n) is 19.2. The lowest BCUT2D eigenvalue weighted by molar-refractivity contribution is -0.158. The first kappa shape index (κ1) is 24.0. The Morgan fingerprint density at radius 2 is 1.88 bits per heavy atom. The number of rotatable bonds is 9. The Morgan fingerprint density at radius 3 is 2.53 bits per heavy atom. The van der Waals surface area contributed by atoms with Gasteiger partial charge in [0.15, 0.2) is 0 Å². The van der Waals surface area contributed by atoms with Gasteiger partial charge in [-0.05, 0) is 56.4 Å². The van der Waals surface area contributed by atoms with Crippen LogP contribution in [0.3, 0.4) is 0 Å². The molecule has 2 aromatic carbocycles. The van der Waals surface area contributed by atoms with E-state index in [1.54, 1.807) is 12.1 Å². The highest BCUT2D eigenvalue weighted by Crippen LogP contribution is 2.34. The zero-order chi connectivity index (χ0) is 24.5. The van der Waals surface area contributed by atoms with Crippen molar-refractivity contribution in [3.63, 3.8) is 0 Å². The molecular formula is C25H28N2O6S. The summed E-state index contributed by atoms with van der Waals surface area (Å²) in [5, 5.41) is 11.7. The minimum absolute atomic E-state index is 0.0636. The quantitative estimate of drug-likeness (QED) is 0.423. The number of carboxylic acids is 1. The molecule has 1 heterocycles. The van der Waals surface area contributed by atoms with Crippen LogP contribution in [-0.2, 0) is 19.6 Å². The fourth-order valence-electron chi connectivity index (χ4n) is 4.61. The van der Waals surface area contributed by atoms with Gasteiger partial charge in [0.2, 0.25) is 21.6 Å². The van der Waals surface area contributed by atoms with Gasteiger partial charge in [0.05, 0.1) is 4.90 Å². The molecule has 0 fully saturated rings. The third-order valence-electron chi connectivity index (χ3n) is 6.21. The van der Waals surface area contributed by atoms with Crippen molar-refractivity contribution in [2.45, 2.75) is 62.9 Å².